The Hall–Kier alpha value is -1.17. The van der Waals surface area contributed by atoms with E-state index in [1.807, 2.05) is 6.08 Å². The molecule has 4 heterocycles. The van der Waals surface area contributed by atoms with E-state index in [0.717, 1.165) is 51.4 Å². The van der Waals surface area contributed by atoms with E-state index < -0.39 is 12.1 Å². The summed E-state index contributed by atoms with van der Waals surface area (Å²) in [5.41, 5.74) is -0.312. The molecule has 4 fully saturated rings. The predicted molar refractivity (Wildman–Crippen MR) is 104 cm³/mol. The number of carboxylic acid groups (broad SMARTS) is 1. The van der Waals surface area contributed by atoms with E-state index in [2.05, 4.69) is 25.2 Å². The van der Waals surface area contributed by atoms with Crippen LogP contribution in [0.4, 0.5) is 0 Å². The molecule has 0 aliphatic carbocycles. The first-order chi connectivity index (χ1) is 13.0. The van der Waals surface area contributed by atoms with E-state index in [1.165, 1.54) is 0 Å². The molecule has 4 aliphatic heterocycles. The first-order valence-electron chi connectivity index (χ1n) is 10.6. The molecule has 4 saturated heterocycles. The molecular formula is C22H34O5. The Morgan fingerprint density at radius 1 is 1.22 bits per heavy atom. The van der Waals surface area contributed by atoms with Gasteiger partial charge in [-0.2, -0.15) is 0 Å². The number of unbranched alkanes of at least 4 members (excludes halogenated alkanes) is 3. The Labute approximate surface area is 162 Å². The third-order valence-electron chi connectivity index (χ3n) is 6.22. The topological polar surface area (TPSA) is 76.0 Å². The summed E-state index contributed by atoms with van der Waals surface area (Å²) in [5.74, 6) is -0.473. The molecule has 3 unspecified atom stereocenters. The first-order valence-corrected chi connectivity index (χ1v) is 10.6. The molecule has 4 bridgehead atoms. The van der Waals surface area contributed by atoms with E-state index >= 15 is 0 Å². The zero-order valence-corrected chi connectivity index (χ0v) is 16.4. The number of aliphatic hydroxyl groups excluding tert-OH is 1. The SMILES string of the molecule is CCCCCC(O)/C=C/[C@@]12CC3O[C@H](CC3O1)[C@@H]2C/C=C\CCCC(=O)O. The Morgan fingerprint density at radius 3 is 2.81 bits per heavy atom. The lowest BCUT2D eigenvalue weighted by molar-refractivity contribution is -0.137. The summed E-state index contributed by atoms with van der Waals surface area (Å²) in [6, 6.07) is 0. The molecule has 27 heavy (non-hydrogen) atoms. The van der Waals surface area contributed by atoms with Gasteiger partial charge in [-0.15, -0.1) is 0 Å². The van der Waals surface area contributed by atoms with Crippen molar-refractivity contribution in [2.45, 2.75) is 101 Å². The van der Waals surface area contributed by atoms with Crippen LogP contribution in [-0.2, 0) is 14.3 Å². The summed E-state index contributed by atoms with van der Waals surface area (Å²) >= 11 is 0. The molecule has 5 heteroatoms. The molecule has 0 saturated carbocycles. The normalized spacial score (nSPS) is 35.6. The van der Waals surface area contributed by atoms with E-state index in [9.17, 15) is 9.90 Å². The Kier molecular flexibility index (Phi) is 7.12. The van der Waals surface area contributed by atoms with E-state index in [-0.39, 0.29) is 36.3 Å². The highest BCUT2D eigenvalue weighted by Crippen LogP contribution is 2.55. The minimum atomic E-state index is -0.739. The predicted octanol–water partition coefficient (Wildman–Crippen LogP) is 4.00. The smallest absolute Gasteiger partial charge is 0.303 e. The minimum absolute atomic E-state index is 0.202. The van der Waals surface area contributed by atoms with Crippen LogP contribution >= 0.6 is 0 Å². The van der Waals surface area contributed by atoms with Crippen LogP contribution in [0.25, 0.3) is 0 Å². The fourth-order valence-electron chi connectivity index (χ4n) is 4.80. The average Bonchev–Trinajstić information content (AvgIpc) is 3.09. The minimum Gasteiger partial charge on any atom is -0.481 e. The number of carbonyl (C=O) groups is 1. The summed E-state index contributed by atoms with van der Waals surface area (Å²) in [5, 5.41) is 19.0. The van der Waals surface area contributed by atoms with Crippen molar-refractivity contribution in [1.29, 1.82) is 0 Å². The third-order valence-corrected chi connectivity index (χ3v) is 6.22. The van der Waals surface area contributed by atoms with Crippen molar-refractivity contribution in [3.05, 3.63) is 24.3 Å². The van der Waals surface area contributed by atoms with Gasteiger partial charge in [-0.1, -0.05) is 50.5 Å². The van der Waals surface area contributed by atoms with Crippen LogP contribution < -0.4 is 0 Å². The van der Waals surface area contributed by atoms with Gasteiger partial charge in [-0.3, -0.25) is 4.79 Å². The average molecular weight is 379 g/mol. The Balaban J connectivity index is 1.56. The Morgan fingerprint density at radius 2 is 2.07 bits per heavy atom. The summed E-state index contributed by atoms with van der Waals surface area (Å²) in [6.07, 6.45) is 17.1. The van der Waals surface area contributed by atoms with Gasteiger partial charge in [0.2, 0.25) is 0 Å². The summed E-state index contributed by atoms with van der Waals surface area (Å²) in [7, 11) is 0. The molecule has 0 amide bonds. The zero-order chi connectivity index (χ0) is 19.3. The second-order valence-corrected chi connectivity index (χ2v) is 8.29. The summed E-state index contributed by atoms with van der Waals surface area (Å²) in [4.78, 5) is 10.6. The van der Waals surface area contributed by atoms with Crippen molar-refractivity contribution < 1.29 is 24.5 Å². The van der Waals surface area contributed by atoms with E-state index in [0.29, 0.717) is 6.42 Å². The van der Waals surface area contributed by atoms with E-state index in [4.69, 9.17) is 14.6 Å². The lowest BCUT2D eigenvalue weighted by Gasteiger charge is -2.43. The molecule has 0 aromatic rings. The first kappa shape index (κ1) is 20.6. The standard InChI is InChI=1S/C22H34O5/c1-2-3-6-9-16(23)12-13-22-15-20-19(27-22)14-18(26-20)17(22)10-7-4-5-8-11-21(24)25/h4,7,12-13,16-20,23H,2-3,5-6,8-11,14-15H2,1H3,(H,24,25)/b7-4-,13-12+/t16?,17-,18+,19?,20?,22-/m0/s1. The van der Waals surface area contributed by atoms with Crippen molar-refractivity contribution >= 4 is 5.97 Å². The van der Waals surface area contributed by atoms with Crippen LogP contribution in [0.1, 0.15) is 71.1 Å². The molecule has 2 N–H and O–H groups in total. The van der Waals surface area contributed by atoms with Crippen molar-refractivity contribution in [2.75, 3.05) is 0 Å². The van der Waals surface area contributed by atoms with Crippen molar-refractivity contribution in [3.8, 4) is 0 Å². The number of aliphatic hydroxyl groups is 1. The highest BCUT2D eigenvalue weighted by Gasteiger charge is 2.62. The maximum absolute atomic E-state index is 10.6. The van der Waals surface area contributed by atoms with Crippen LogP contribution in [0.5, 0.6) is 0 Å². The zero-order valence-electron chi connectivity index (χ0n) is 16.4. The quantitative estimate of drug-likeness (QED) is 0.396. The summed E-state index contributed by atoms with van der Waals surface area (Å²) < 4.78 is 12.6. The van der Waals surface area contributed by atoms with Crippen LogP contribution in [0, 0.1) is 5.92 Å². The molecule has 0 spiro atoms. The largest absolute Gasteiger partial charge is 0.481 e. The number of ether oxygens (including phenoxy) is 2. The van der Waals surface area contributed by atoms with Gasteiger partial charge in [0.1, 0.15) is 0 Å². The van der Waals surface area contributed by atoms with Crippen LogP contribution in [0.2, 0.25) is 0 Å². The fourth-order valence-corrected chi connectivity index (χ4v) is 4.80. The van der Waals surface area contributed by atoms with Gasteiger partial charge in [-0.25, -0.2) is 0 Å². The fraction of sp³-hybridized carbons (Fsp3) is 0.773. The molecule has 0 aromatic carbocycles. The molecule has 5 nitrogen and oxygen atoms in total. The maximum atomic E-state index is 10.6. The molecule has 6 atom stereocenters. The van der Waals surface area contributed by atoms with Gasteiger partial charge in [-0.05, 0) is 25.7 Å². The maximum Gasteiger partial charge on any atom is 0.303 e. The van der Waals surface area contributed by atoms with Gasteiger partial charge in [0.05, 0.1) is 30.0 Å². The number of aliphatic carboxylic acids is 1. The van der Waals surface area contributed by atoms with Crippen molar-refractivity contribution in [3.63, 3.8) is 0 Å². The van der Waals surface area contributed by atoms with Gasteiger partial charge in [0.25, 0.3) is 0 Å². The Bertz CT molecular complexity index is 541. The molecule has 152 valence electrons. The highest BCUT2D eigenvalue weighted by atomic mass is 16.6. The monoisotopic (exact) mass is 378 g/mol. The van der Waals surface area contributed by atoms with Crippen LogP contribution in [0.3, 0.4) is 0 Å². The number of hydrogen-bond acceptors (Lipinski definition) is 4. The molecular weight excluding hydrogens is 344 g/mol. The number of hydrogen-bond donors (Lipinski definition) is 2. The highest BCUT2D eigenvalue weighted by molar-refractivity contribution is 5.66. The van der Waals surface area contributed by atoms with Crippen LogP contribution in [0.15, 0.2) is 24.3 Å². The summed E-state index contributed by atoms with van der Waals surface area (Å²) in [6.45, 7) is 2.17. The lowest BCUT2D eigenvalue weighted by atomic mass is 9.76. The third kappa shape index (κ3) is 5.01. The van der Waals surface area contributed by atoms with Crippen LogP contribution in [-0.4, -0.2) is 46.2 Å². The lowest BCUT2D eigenvalue weighted by Crippen LogP contribution is -2.48. The number of carboxylic acids is 1. The van der Waals surface area contributed by atoms with Gasteiger partial charge in [0, 0.05) is 25.2 Å². The molecule has 4 rings (SSSR count). The van der Waals surface area contributed by atoms with Gasteiger partial charge in [0.15, 0.2) is 0 Å². The van der Waals surface area contributed by atoms with Crippen molar-refractivity contribution in [1.82, 2.24) is 0 Å². The molecule has 0 radical (unpaired) electrons. The van der Waals surface area contributed by atoms with Gasteiger partial charge < -0.3 is 19.7 Å². The second-order valence-electron chi connectivity index (χ2n) is 8.29. The van der Waals surface area contributed by atoms with E-state index in [1.54, 1.807) is 0 Å². The molecule has 4 aliphatic rings. The molecule has 0 aromatic heterocycles. The number of allylic oxidation sites excluding steroid dienone is 2. The second kappa shape index (κ2) is 9.35. The van der Waals surface area contributed by atoms with Gasteiger partial charge >= 0.3 is 5.97 Å². The number of rotatable bonds is 12. The van der Waals surface area contributed by atoms with Crippen molar-refractivity contribution in [2.24, 2.45) is 5.92 Å².